The molecular formula is C23H28N2O3. The predicted molar refractivity (Wildman–Crippen MR) is 110 cm³/mol. The first kappa shape index (κ1) is 19.9. The highest BCUT2D eigenvalue weighted by Crippen LogP contribution is 2.38. The summed E-state index contributed by atoms with van der Waals surface area (Å²) in [4.78, 5) is 26.6. The van der Waals surface area contributed by atoms with Crippen molar-refractivity contribution in [1.82, 2.24) is 5.32 Å². The number of ether oxygens (including phenoxy) is 1. The van der Waals surface area contributed by atoms with Crippen molar-refractivity contribution in [3.05, 3.63) is 59.2 Å². The van der Waals surface area contributed by atoms with Crippen LogP contribution in [-0.4, -0.2) is 18.4 Å². The lowest BCUT2D eigenvalue weighted by Crippen LogP contribution is -2.36. The molecule has 0 unspecified atom stereocenters. The standard InChI is InChI=1S/C23H28N2O3/c1-4-6-9-17-12-13-20-19(14-17)22(24-16(3)26)23(27)25(20)15-18-10-7-8-11-21(18)28-5-2/h7-8,10-14,22H,4-6,9,15H2,1-3H3,(H,24,26)/t22-/m0/s1. The second kappa shape index (κ2) is 8.91. The maximum absolute atomic E-state index is 13.2. The van der Waals surface area contributed by atoms with Crippen molar-refractivity contribution in [3.8, 4) is 5.75 Å². The fourth-order valence-electron chi connectivity index (χ4n) is 3.63. The quantitative estimate of drug-likeness (QED) is 0.748. The lowest BCUT2D eigenvalue weighted by atomic mass is 10.0. The molecule has 2 amide bonds. The molecule has 3 rings (SSSR count). The van der Waals surface area contributed by atoms with Gasteiger partial charge in [-0.25, -0.2) is 0 Å². The van der Waals surface area contributed by atoms with Crippen LogP contribution in [0, 0.1) is 0 Å². The molecule has 2 aromatic rings. The maximum atomic E-state index is 13.2. The number of nitrogens with zero attached hydrogens (tertiary/aromatic N) is 1. The van der Waals surface area contributed by atoms with Gasteiger partial charge >= 0.3 is 0 Å². The van der Waals surface area contributed by atoms with Crippen LogP contribution in [0.25, 0.3) is 0 Å². The van der Waals surface area contributed by atoms with E-state index in [1.807, 2.05) is 37.3 Å². The number of hydrogen-bond acceptors (Lipinski definition) is 3. The van der Waals surface area contributed by atoms with E-state index in [0.717, 1.165) is 41.8 Å². The van der Waals surface area contributed by atoms with Crippen molar-refractivity contribution in [2.45, 2.75) is 52.6 Å². The van der Waals surface area contributed by atoms with E-state index in [1.165, 1.54) is 12.5 Å². The fraction of sp³-hybridized carbons (Fsp3) is 0.391. The summed E-state index contributed by atoms with van der Waals surface area (Å²) in [5.41, 5.74) is 3.88. The fourth-order valence-corrected chi connectivity index (χ4v) is 3.63. The summed E-state index contributed by atoms with van der Waals surface area (Å²) in [6, 6.07) is 13.3. The molecule has 0 aromatic heterocycles. The third-order valence-corrected chi connectivity index (χ3v) is 4.97. The van der Waals surface area contributed by atoms with Gasteiger partial charge in [-0.3, -0.25) is 9.59 Å². The second-order valence-corrected chi connectivity index (χ2v) is 7.10. The van der Waals surface area contributed by atoms with Gasteiger partial charge in [0.2, 0.25) is 5.91 Å². The third-order valence-electron chi connectivity index (χ3n) is 4.97. The van der Waals surface area contributed by atoms with Gasteiger partial charge in [-0.15, -0.1) is 0 Å². The smallest absolute Gasteiger partial charge is 0.254 e. The molecule has 0 saturated heterocycles. The molecule has 1 atom stereocenters. The number of para-hydroxylation sites is 1. The Morgan fingerprint density at radius 2 is 1.96 bits per heavy atom. The van der Waals surface area contributed by atoms with Crippen LogP contribution in [0.15, 0.2) is 42.5 Å². The summed E-state index contributed by atoms with van der Waals surface area (Å²) in [6.07, 6.45) is 3.19. The molecule has 0 radical (unpaired) electrons. The first-order valence-corrected chi connectivity index (χ1v) is 9.97. The van der Waals surface area contributed by atoms with Gasteiger partial charge in [0.1, 0.15) is 11.8 Å². The average molecular weight is 380 g/mol. The molecule has 28 heavy (non-hydrogen) atoms. The van der Waals surface area contributed by atoms with Crippen molar-refractivity contribution in [2.24, 2.45) is 0 Å². The summed E-state index contributed by atoms with van der Waals surface area (Å²) in [7, 11) is 0. The van der Waals surface area contributed by atoms with Crippen molar-refractivity contribution in [1.29, 1.82) is 0 Å². The zero-order valence-electron chi connectivity index (χ0n) is 16.8. The summed E-state index contributed by atoms with van der Waals surface area (Å²) in [5, 5.41) is 2.83. The number of unbranched alkanes of at least 4 members (excludes halogenated alkanes) is 1. The molecule has 0 bridgehead atoms. The average Bonchev–Trinajstić information content (AvgIpc) is 2.93. The van der Waals surface area contributed by atoms with E-state index in [-0.39, 0.29) is 11.8 Å². The summed E-state index contributed by atoms with van der Waals surface area (Å²) < 4.78 is 5.72. The van der Waals surface area contributed by atoms with Crippen LogP contribution in [0.1, 0.15) is 56.3 Å². The molecular weight excluding hydrogens is 352 g/mol. The van der Waals surface area contributed by atoms with Crippen LogP contribution in [0.5, 0.6) is 5.75 Å². The minimum Gasteiger partial charge on any atom is -0.494 e. The maximum Gasteiger partial charge on any atom is 0.254 e. The van der Waals surface area contributed by atoms with E-state index < -0.39 is 6.04 Å². The third kappa shape index (κ3) is 4.19. The van der Waals surface area contributed by atoms with Crippen LogP contribution in [0.2, 0.25) is 0 Å². The van der Waals surface area contributed by atoms with Gasteiger partial charge in [0.05, 0.1) is 13.2 Å². The van der Waals surface area contributed by atoms with Crippen LogP contribution in [0.4, 0.5) is 5.69 Å². The first-order chi connectivity index (χ1) is 13.5. The highest BCUT2D eigenvalue weighted by molar-refractivity contribution is 6.06. The van der Waals surface area contributed by atoms with E-state index in [9.17, 15) is 9.59 Å². The van der Waals surface area contributed by atoms with Crippen LogP contribution >= 0.6 is 0 Å². The summed E-state index contributed by atoms with van der Waals surface area (Å²) in [5.74, 6) is 0.464. The second-order valence-electron chi connectivity index (χ2n) is 7.10. The Kier molecular flexibility index (Phi) is 6.34. The topological polar surface area (TPSA) is 58.6 Å². The predicted octanol–water partition coefficient (Wildman–Crippen LogP) is 4.15. The zero-order chi connectivity index (χ0) is 20.1. The van der Waals surface area contributed by atoms with Gasteiger partial charge in [-0.2, -0.15) is 0 Å². The molecule has 5 nitrogen and oxygen atoms in total. The molecule has 0 saturated carbocycles. The number of carbonyl (C=O) groups excluding carboxylic acids is 2. The molecule has 1 aliphatic heterocycles. The van der Waals surface area contributed by atoms with Gasteiger partial charge in [-0.1, -0.05) is 43.7 Å². The number of rotatable bonds is 8. The number of carbonyl (C=O) groups is 2. The number of hydrogen-bond donors (Lipinski definition) is 1. The molecule has 1 heterocycles. The van der Waals surface area contributed by atoms with Gasteiger partial charge < -0.3 is 15.0 Å². The number of aryl methyl sites for hydroxylation is 1. The lowest BCUT2D eigenvalue weighted by Gasteiger charge is -2.20. The molecule has 1 N–H and O–H groups in total. The number of anilines is 1. The Hall–Kier alpha value is -2.82. The normalized spacial score (nSPS) is 15.5. The van der Waals surface area contributed by atoms with E-state index >= 15 is 0 Å². The number of amides is 2. The van der Waals surface area contributed by atoms with E-state index in [1.54, 1.807) is 4.90 Å². The molecule has 148 valence electrons. The van der Waals surface area contributed by atoms with Crippen molar-refractivity contribution in [2.75, 3.05) is 11.5 Å². The molecule has 0 aliphatic carbocycles. The van der Waals surface area contributed by atoms with Crippen molar-refractivity contribution in [3.63, 3.8) is 0 Å². The first-order valence-electron chi connectivity index (χ1n) is 9.97. The van der Waals surface area contributed by atoms with E-state index in [2.05, 4.69) is 24.4 Å². The highest BCUT2D eigenvalue weighted by Gasteiger charge is 2.38. The number of fused-ring (bicyclic) bond motifs is 1. The van der Waals surface area contributed by atoms with Gasteiger partial charge in [0.25, 0.3) is 5.91 Å². The minimum absolute atomic E-state index is 0.107. The van der Waals surface area contributed by atoms with Crippen LogP contribution in [0.3, 0.4) is 0 Å². The number of benzene rings is 2. The molecule has 1 aliphatic rings. The van der Waals surface area contributed by atoms with Gasteiger partial charge in [0.15, 0.2) is 0 Å². The summed E-state index contributed by atoms with van der Waals surface area (Å²) in [6.45, 7) is 6.52. The Morgan fingerprint density at radius 3 is 2.68 bits per heavy atom. The molecule has 0 fully saturated rings. The summed E-state index contributed by atoms with van der Waals surface area (Å²) >= 11 is 0. The molecule has 2 aromatic carbocycles. The van der Waals surface area contributed by atoms with Gasteiger partial charge in [0, 0.05) is 23.7 Å². The van der Waals surface area contributed by atoms with Crippen LogP contribution < -0.4 is 15.0 Å². The largest absolute Gasteiger partial charge is 0.494 e. The van der Waals surface area contributed by atoms with E-state index in [0.29, 0.717) is 13.2 Å². The number of nitrogens with one attached hydrogen (secondary N) is 1. The lowest BCUT2D eigenvalue weighted by molar-refractivity contribution is -0.126. The van der Waals surface area contributed by atoms with Gasteiger partial charge in [-0.05, 0) is 37.5 Å². The molecule has 5 heteroatoms. The zero-order valence-corrected chi connectivity index (χ0v) is 16.8. The Balaban J connectivity index is 1.95. The highest BCUT2D eigenvalue weighted by atomic mass is 16.5. The Morgan fingerprint density at radius 1 is 1.18 bits per heavy atom. The monoisotopic (exact) mass is 380 g/mol. The molecule has 0 spiro atoms. The van der Waals surface area contributed by atoms with Crippen LogP contribution in [-0.2, 0) is 22.6 Å². The minimum atomic E-state index is -0.631. The van der Waals surface area contributed by atoms with E-state index in [4.69, 9.17) is 4.74 Å². The Labute approximate surface area is 166 Å². The Bertz CT molecular complexity index is 863. The van der Waals surface area contributed by atoms with Crippen molar-refractivity contribution >= 4 is 17.5 Å². The van der Waals surface area contributed by atoms with Crippen molar-refractivity contribution < 1.29 is 14.3 Å². The SMILES string of the molecule is CCCCc1ccc2c(c1)[C@H](NC(C)=O)C(=O)N2Cc1ccccc1OCC.